The molecule has 1 aliphatic heterocycles. The minimum absolute atomic E-state index is 0.0713. The molecule has 0 atom stereocenters. The van der Waals surface area contributed by atoms with Gasteiger partial charge < -0.3 is 10.1 Å². The van der Waals surface area contributed by atoms with Crippen molar-refractivity contribution in [1.29, 1.82) is 0 Å². The maximum Gasteiger partial charge on any atom is 0.238 e. The average Bonchev–Trinajstić information content (AvgIpc) is 2.66. The molecule has 0 aliphatic carbocycles. The van der Waals surface area contributed by atoms with Crippen LogP contribution in [0.4, 0.5) is 10.1 Å². The van der Waals surface area contributed by atoms with E-state index >= 15 is 0 Å². The lowest BCUT2D eigenvalue weighted by Crippen LogP contribution is -2.49. The van der Waals surface area contributed by atoms with Gasteiger partial charge in [0.2, 0.25) is 5.91 Å². The summed E-state index contributed by atoms with van der Waals surface area (Å²) in [4.78, 5) is 16.6. The van der Waals surface area contributed by atoms with Crippen LogP contribution in [0.3, 0.4) is 0 Å². The Morgan fingerprint density at radius 3 is 2.41 bits per heavy atom. The number of anilines is 1. The molecule has 1 N–H and O–H groups in total. The SMILES string of the molecule is Cc1ccccc1OCCN1CCN(CC(=O)Nc2ccc(F)cc2)CC1. The highest BCUT2D eigenvalue weighted by atomic mass is 19.1. The number of rotatable bonds is 7. The van der Waals surface area contributed by atoms with Crippen LogP contribution in [0, 0.1) is 12.7 Å². The monoisotopic (exact) mass is 371 g/mol. The summed E-state index contributed by atoms with van der Waals surface area (Å²) in [5, 5.41) is 2.80. The van der Waals surface area contributed by atoms with Gasteiger partial charge in [0.15, 0.2) is 0 Å². The quantitative estimate of drug-likeness (QED) is 0.813. The highest BCUT2D eigenvalue weighted by Crippen LogP contribution is 2.16. The van der Waals surface area contributed by atoms with Gasteiger partial charge in [0, 0.05) is 38.4 Å². The van der Waals surface area contributed by atoms with E-state index in [0.717, 1.165) is 44.0 Å². The lowest BCUT2D eigenvalue weighted by Gasteiger charge is -2.34. The summed E-state index contributed by atoms with van der Waals surface area (Å²) in [6.45, 7) is 7.47. The van der Waals surface area contributed by atoms with Gasteiger partial charge in [-0.25, -0.2) is 4.39 Å². The number of para-hydroxylation sites is 1. The number of hydrogen-bond donors (Lipinski definition) is 1. The van der Waals surface area contributed by atoms with Crippen molar-refractivity contribution < 1.29 is 13.9 Å². The molecule has 1 heterocycles. The first kappa shape index (κ1) is 19.3. The van der Waals surface area contributed by atoms with Crippen molar-refractivity contribution in [2.24, 2.45) is 0 Å². The number of carbonyl (C=O) groups is 1. The maximum absolute atomic E-state index is 12.9. The third kappa shape index (κ3) is 6.05. The van der Waals surface area contributed by atoms with E-state index in [1.54, 1.807) is 12.1 Å². The van der Waals surface area contributed by atoms with Crippen molar-refractivity contribution in [2.45, 2.75) is 6.92 Å². The number of carbonyl (C=O) groups excluding carboxylic acids is 1. The first-order chi connectivity index (χ1) is 13.1. The fourth-order valence-electron chi connectivity index (χ4n) is 3.11. The molecular formula is C21H26FN3O2. The molecule has 1 amide bonds. The maximum atomic E-state index is 12.9. The van der Waals surface area contributed by atoms with Crippen LogP contribution in [0.5, 0.6) is 5.75 Å². The molecule has 1 aliphatic rings. The third-order valence-corrected chi connectivity index (χ3v) is 4.72. The molecule has 1 saturated heterocycles. The van der Waals surface area contributed by atoms with Crippen molar-refractivity contribution >= 4 is 11.6 Å². The van der Waals surface area contributed by atoms with Gasteiger partial charge in [-0.15, -0.1) is 0 Å². The molecule has 6 heteroatoms. The van der Waals surface area contributed by atoms with Crippen molar-refractivity contribution in [1.82, 2.24) is 9.80 Å². The zero-order valence-electron chi connectivity index (χ0n) is 15.7. The first-order valence-corrected chi connectivity index (χ1v) is 9.29. The molecule has 5 nitrogen and oxygen atoms in total. The van der Waals surface area contributed by atoms with E-state index in [1.165, 1.54) is 12.1 Å². The number of piperazine rings is 1. The number of nitrogens with zero attached hydrogens (tertiary/aromatic N) is 2. The summed E-state index contributed by atoms with van der Waals surface area (Å²) >= 11 is 0. The second-order valence-corrected chi connectivity index (χ2v) is 6.79. The second kappa shape index (κ2) is 9.48. The van der Waals surface area contributed by atoms with E-state index < -0.39 is 0 Å². The number of halogens is 1. The Bertz CT molecular complexity index is 743. The van der Waals surface area contributed by atoms with E-state index in [-0.39, 0.29) is 11.7 Å². The van der Waals surface area contributed by atoms with Gasteiger partial charge >= 0.3 is 0 Å². The highest BCUT2D eigenvalue weighted by molar-refractivity contribution is 5.92. The molecule has 144 valence electrons. The summed E-state index contributed by atoms with van der Waals surface area (Å²) in [5.41, 5.74) is 1.77. The van der Waals surface area contributed by atoms with E-state index in [4.69, 9.17) is 4.74 Å². The molecule has 0 bridgehead atoms. The minimum atomic E-state index is -0.310. The summed E-state index contributed by atoms with van der Waals surface area (Å²) < 4.78 is 18.8. The predicted molar refractivity (Wildman–Crippen MR) is 105 cm³/mol. The van der Waals surface area contributed by atoms with Crippen LogP contribution in [-0.4, -0.2) is 61.6 Å². The van der Waals surface area contributed by atoms with E-state index in [9.17, 15) is 9.18 Å². The Morgan fingerprint density at radius 1 is 1.04 bits per heavy atom. The van der Waals surface area contributed by atoms with Gasteiger partial charge in [-0.2, -0.15) is 0 Å². The fourth-order valence-corrected chi connectivity index (χ4v) is 3.11. The normalized spacial score (nSPS) is 15.5. The molecule has 0 radical (unpaired) electrons. The smallest absolute Gasteiger partial charge is 0.238 e. The largest absolute Gasteiger partial charge is 0.492 e. The molecule has 3 rings (SSSR count). The Balaban J connectivity index is 1.34. The first-order valence-electron chi connectivity index (χ1n) is 9.29. The molecule has 2 aromatic rings. The standard InChI is InChI=1S/C21H26FN3O2/c1-17-4-2-3-5-20(17)27-15-14-24-10-12-25(13-11-24)16-21(26)23-19-8-6-18(22)7-9-19/h2-9H,10-16H2,1H3,(H,23,26). The summed E-state index contributed by atoms with van der Waals surface area (Å²) in [5.74, 6) is 0.557. The van der Waals surface area contributed by atoms with Gasteiger partial charge in [-0.05, 0) is 42.8 Å². The Labute approximate surface area is 159 Å². The predicted octanol–water partition coefficient (Wildman–Crippen LogP) is 2.77. The van der Waals surface area contributed by atoms with Gasteiger partial charge in [0.05, 0.1) is 6.54 Å². The van der Waals surface area contributed by atoms with Crippen molar-refractivity contribution in [3.63, 3.8) is 0 Å². The number of hydrogen-bond acceptors (Lipinski definition) is 4. The Kier molecular flexibility index (Phi) is 6.79. The van der Waals surface area contributed by atoms with Crippen molar-refractivity contribution in [3.8, 4) is 5.75 Å². The minimum Gasteiger partial charge on any atom is -0.492 e. The summed E-state index contributed by atoms with van der Waals surface area (Å²) in [7, 11) is 0. The lowest BCUT2D eigenvalue weighted by molar-refractivity contribution is -0.117. The Hall–Kier alpha value is -2.44. The molecule has 1 fully saturated rings. The van der Waals surface area contributed by atoms with E-state index in [2.05, 4.69) is 15.1 Å². The molecular weight excluding hydrogens is 345 g/mol. The topological polar surface area (TPSA) is 44.8 Å². The molecule has 27 heavy (non-hydrogen) atoms. The van der Waals surface area contributed by atoms with Crippen LogP contribution in [0.1, 0.15) is 5.56 Å². The van der Waals surface area contributed by atoms with Crippen LogP contribution in [-0.2, 0) is 4.79 Å². The van der Waals surface area contributed by atoms with Crippen molar-refractivity contribution in [3.05, 3.63) is 59.9 Å². The van der Waals surface area contributed by atoms with Crippen LogP contribution in [0.15, 0.2) is 48.5 Å². The van der Waals surface area contributed by atoms with E-state index in [1.807, 2.05) is 31.2 Å². The number of ether oxygens (including phenoxy) is 1. The molecule has 0 unspecified atom stereocenters. The number of amides is 1. The summed E-state index contributed by atoms with van der Waals surface area (Å²) in [6.07, 6.45) is 0. The van der Waals surface area contributed by atoms with Gasteiger partial charge in [-0.1, -0.05) is 18.2 Å². The Morgan fingerprint density at radius 2 is 1.70 bits per heavy atom. The van der Waals surface area contributed by atoms with Gasteiger partial charge in [0.25, 0.3) is 0 Å². The molecule has 2 aromatic carbocycles. The third-order valence-electron chi connectivity index (χ3n) is 4.72. The van der Waals surface area contributed by atoms with Crippen LogP contribution in [0.2, 0.25) is 0 Å². The second-order valence-electron chi connectivity index (χ2n) is 6.79. The number of nitrogens with one attached hydrogen (secondary N) is 1. The number of aryl methyl sites for hydroxylation is 1. The molecule has 0 spiro atoms. The zero-order valence-corrected chi connectivity index (χ0v) is 15.7. The highest BCUT2D eigenvalue weighted by Gasteiger charge is 2.19. The van der Waals surface area contributed by atoms with Crippen LogP contribution in [0.25, 0.3) is 0 Å². The van der Waals surface area contributed by atoms with Gasteiger partial charge in [-0.3, -0.25) is 14.6 Å². The fraction of sp³-hybridized carbons (Fsp3) is 0.381. The summed E-state index contributed by atoms with van der Waals surface area (Å²) in [6, 6.07) is 13.9. The molecule has 0 saturated carbocycles. The lowest BCUT2D eigenvalue weighted by atomic mass is 10.2. The van der Waals surface area contributed by atoms with Crippen LogP contribution < -0.4 is 10.1 Å². The number of benzene rings is 2. The van der Waals surface area contributed by atoms with Crippen molar-refractivity contribution in [2.75, 3.05) is 51.2 Å². The van der Waals surface area contributed by atoms with Gasteiger partial charge in [0.1, 0.15) is 18.2 Å². The van der Waals surface area contributed by atoms with Crippen LogP contribution >= 0.6 is 0 Å². The van der Waals surface area contributed by atoms with E-state index in [0.29, 0.717) is 18.8 Å². The average molecular weight is 371 g/mol. The zero-order chi connectivity index (χ0) is 19.1. The molecule has 0 aromatic heterocycles.